The first-order valence-corrected chi connectivity index (χ1v) is 6.87. The predicted octanol–water partition coefficient (Wildman–Crippen LogP) is 2.04. The van der Waals surface area contributed by atoms with Crippen LogP contribution in [0.15, 0.2) is 60.7 Å². The molecule has 0 bridgehead atoms. The van der Waals surface area contributed by atoms with Gasteiger partial charge in [0.05, 0.1) is 19.3 Å². The summed E-state index contributed by atoms with van der Waals surface area (Å²) in [5.41, 5.74) is 2.35. The molecule has 3 heteroatoms. The highest BCUT2D eigenvalue weighted by atomic mass is 16.3. The van der Waals surface area contributed by atoms with E-state index in [0.717, 1.165) is 0 Å². The van der Waals surface area contributed by atoms with Gasteiger partial charge in [-0.1, -0.05) is 60.7 Å². The summed E-state index contributed by atoms with van der Waals surface area (Å²) in [6.07, 6.45) is 0. The van der Waals surface area contributed by atoms with Crippen LogP contribution in [-0.4, -0.2) is 34.4 Å². The molecule has 20 heavy (non-hydrogen) atoms. The van der Waals surface area contributed by atoms with Crippen molar-refractivity contribution in [1.29, 1.82) is 0 Å². The first-order chi connectivity index (χ1) is 9.83. The van der Waals surface area contributed by atoms with Crippen LogP contribution in [0.1, 0.15) is 11.1 Å². The summed E-state index contributed by atoms with van der Waals surface area (Å²) < 4.78 is 0. The molecule has 0 saturated carbocycles. The molecule has 2 aromatic rings. The quantitative estimate of drug-likeness (QED) is 0.810. The molecular formula is C17H21NO2. The summed E-state index contributed by atoms with van der Waals surface area (Å²) >= 11 is 0. The van der Waals surface area contributed by atoms with E-state index < -0.39 is 0 Å². The standard InChI is InChI=1S/C17H21NO2/c19-13-17(14-20)18(11-15-7-3-1-4-8-15)12-16-9-5-2-6-10-16/h1-10,17,19-20H,11-14H2. The van der Waals surface area contributed by atoms with E-state index in [2.05, 4.69) is 29.2 Å². The predicted molar refractivity (Wildman–Crippen MR) is 80.1 cm³/mol. The van der Waals surface area contributed by atoms with Gasteiger partial charge in [0.2, 0.25) is 0 Å². The number of aliphatic hydroxyl groups is 2. The summed E-state index contributed by atoms with van der Waals surface area (Å²) in [4.78, 5) is 2.10. The van der Waals surface area contributed by atoms with Crippen molar-refractivity contribution in [3.8, 4) is 0 Å². The first kappa shape index (κ1) is 14.7. The molecule has 0 saturated heterocycles. The number of rotatable bonds is 7. The first-order valence-electron chi connectivity index (χ1n) is 6.87. The Morgan fingerprint density at radius 1 is 0.700 bits per heavy atom. The fourth-order valence-electron chi connectivity index (χ4n) is 2.24. The van der Waals surface area contributed by atoms with Crippen LogP contribution in [0.5, 0.6) is 0 Å². The van der Waals surface area contributed by atoms with Crippen molar-refractivity contribution < 1.29 is 10.2 Å². The Morgan fingerprint density at radius 3 is 1.45 bits per heavy atom. The lowest BCUT2D eigenvalue weighted by Crippen LogP contribution is -2.39. The fraction of sp³-hybridized carbons (Fsp3) is 0.294. The zero-order valence-electron chi connectivity index (χ0n) is 11.5. The highest BCUT2D eigenvalue weighted by Gasteiger charge is 2.17. The van der Waals surface area contributed by atoms with Gasteiger partial charge in [-0.15, -0.1) is 0 Å². The zero-order chi connectivity index (χ0) is 14.2. The summed E-state index contributed by atoms with van der Waals surface area (Å²) in [6, 6.07) is 20.0. The van der Waals surface area contributed by atoms with Crippen LogP contribution in [0.4, 0.5) is 0 Å². The molecule has 0 aliphatic carbocycles. The van der Waals surface area contributed by atoms with Gasteiger partial charge in [0.25, 0.3) is 0 Å². The molecule has 0 aliphatic rings. The summed E-state index contributed by atoms with van der Waals surface area (Å²) in [5, 5.41) is 18.9. The Bertz CT molecular complexity index is 441. The molecule has 0 spiro atoms. The number of aliphatic hydroxyl groups excluding tert-OH is 2. The van der Waals surface area contributed by atoms with E-state index in [1.807, 2.05) is 36.4 Å². The van der Waals surface area contributed by atoms with Gasteiger partial charge in [-0.2, -0.15) is 0 Å². The second-order valence-corrected chi connectivity index (χ2v) is 4.90. The molecule has 2 rings (SSSR count). The minimum atomic E-state index is -0.240. The number of benzene rings is 2. The average Bonchev–Trinajstić information content (AvgIpc) is 2.50. The molecule has 0 aliphatic heterocycles. The van der Waals surface area contributed by atoms with E-state index in [1.165, 1.54) is 11.1 Å². The lowest BCUT2D eigenvalue weighted by Gasteiger charge is -2.29. The van der Waals surface area contributed by atoms with Crippen LogP contribution in [0.3, 0.4) is 0 Å². The van der Waals surface area contributed by atoms with Gasteiger partial charge >= 0.3 is 0 Å². The lowest BCUT2D eigenvalue weighted by atomic mass is 10.1. The zero-order valence-corrected chi connectivity index (χ0v) is 11.5. The average molecular weight is 271 g/mol. The largest absolute Gasteiger partial charge is 0.395 e. The summed E-state index contributed by atoms with van der Waals surface area (Å²) in [7, 11) is 0. The van der Waals surface area contributed by atoms with Crippen LogP contribution in [-0.2, 0) is 13.1 Å². The third-order valence-electron chi connectivity index (χ3n) is 3.39. The summed E-state index contributed by atoms with van der Waals surface area (Å²) in [6.45, 7) is 1.33. The normalized spacial score (nSPS) is 11.2. The maximum atomic E-state index is 9.45. The van der Waals surface area contributed by atoms with Crippen molar-refractivity contribution in [3.05, 3.63) is 71.8 Å². The van der Waals surface area contributed by atoms with E-state index in [-0.39, 0.29) is 19.3 Å². The van der Waals surface area contributed by atoms with Gasteiger partial charge < -0.3 is 10.2 Å². The monoisotopic (exact) mass is 271 g/mol. The van der Waals surface area contributed by atoms with Gasteiger partial charge in [0, 0.05) is 13.1 Å². The third-order valence-corrected chi connectivity index (χ3v) is 3.39. The highest BCUT2D eigenvalue weighted by Crippen LogP contribution is 2.13. The molecule has 0 radical (unpaired) electrons. The van der Waals surface area contributed by atoms with Crippen molar-refractivity contribution in [2.45, 2.75) is 19.1 Å². The van der Waals surface area contributed by atoms with Crippen molar-refractivity contribution in [2.24, 2.45) is 0 Å². The maximum Gasteiger partial charge on any atom is 0.0609 e. The second kappa shape index (κ2) is 7.80. The Hall–Kier alpha value is -1.68. The van der Waals surface area contributed by atoms with Crippen LogP contribution in [0.2, 0.25) is 0 Å². The molecule has 0 unspecified atom stereocenters. The maximum absolute atomic E-state index is 9.45. The second-order valence-electron chi connectivity index (χ2n) is 4.90. The van der Waals surface area contributed by atoms with Crippen molar-refractivity contribution in [2.75, 3.05) is 13.2 Å². The Kier molecular flexibility index (Phi) is 5.74. The molecule has 0 atom stereocenters. The molecule has 2 aromatic carbocycles. The van der Waals surface area contributed by atoms with E-state index >= 15 is 0 Å². The number of nitrogens with zero attached hydrogens (tertiary/aromatic N) is 1. The van der Waals surface area contributed by atoms with Crippen LogP contribution < -0.4 is 0 Å². The van der Waals surface area contributed by atoms with Gasteiger partial charge in [-0.25, -0.2) is 0 Å². The number of hydrogen-bond acceptors (Lipinski definition) is 3. The van der Waals surface area contributed by atoms with Crippen LogP contribution >= 0.6 is 0 Å². The SMILES string of the molecule is OCC(CO)N(Cc1ccccc1)Cc1ccccc1. The molecule has 2 N–H and O–H groups in total. The number of hydrogen-bond donors (Lipinski definition) is 2. The van der Waals surface area contributed by atoms with Crippen molar-refractivity contribution in [1.82, 2.24) is 4.90 Å². The molecule has 0 aromatic heterocycles. The molecule has 0 fully saturated rings. The lowest BCUT2D eigenvalue weighted by molar-refractivity contribution is 0.0633. The molecule has 0 amide bonds. The van der Waals surface area contributed by atoms with Gasteiger partial charge in [-0.05, 0) is 11.1 Å². The van der Waals surface area contributed by atoms with Gasteiger partial charge in [-0.3, -0.25) is 4.90 Å². The van der Waals surface area contributed by atoms with Crippen LogP contribution in [0, 0.1) is 0 Å². The van der Waals surface area contributed by atoms with Crippen molar-refractivity contribution >= 4 is 0 Å². The van der Waals surface area contributed by atoms with Crippen LogP contribution in [0.25, 0.3) is 0 Å². The van der Waals surface area contributed by atoms with E-state index in [9.17, 15) is 10.2 Å². The van der Waals surface area contributed by atoms with E-state index in [4.69, 9.17) is 0 Å². The summed E-state index contributed by atoms with van der Waals surface area (Å²) in [5.74, 6) is 0. The Labute approximate surface area is 120 Å². The third kappa shape index (κ3) is 4.17. The smallest absolute Gasteiger partial charge is 0.0609 e. The van der Waals surface area contributed by atoms with Crippen molar-refractivity contribution in [3.63, 3.8) is 0 Å². The molecular weight excluding hydrogens is 250 g/mol. The minimum absolute atomic E-state index is 0.0455. The van der Waals surface area contributed by atoms with Gasteiger partial charge in [0.15, 0.2) is 0 Å². The van der Waals surface area contributed by atoms with E-state index in [0.29, 0.717) is 13.1 Å². The topological polar surface area (TPSA) is 43.7 Å². The highest BCUT2D eigenvalue weighted by molar-refractivity contribution is 5.17. The molecule has 3 nitrogen and oxygen atoms in total. The Balaban J connectivity index is 2.12. The minimum Gasteiger partial charge on any atom is -0.395 e. The van der Waals surface area contributed by atoms with Gasteiger partial charge in [0.1, 0.15) is 0 Å². The molecule has 106 valence electrons. The fourth-order valence-corrected chi connectivity index (χ4v) is 2.24. The van der Waals surface area contributed by atoms with E-state index in [1.54, 1.807) is 0 Å². The molecule has 0 heterocycles. The Morgan fingerprint density at radius 2 is 1.10 bits per heavy atom.